The molecule has 0 aliphatic heterocycles. The van der Waals surface area contributed by atoms with Crippen molar-refractivity contribution in [1.82, 2.24) is 9.88 Å². The molecule has 3 rings (SSSR count). The minimum atomic E-state index is -0.211. The highest BCUT2D eigenvalue weighted by molar-refractivity contribution is 7.17. The number of hydrogen-bond donors (Lipinski definition) is 1. The molecule has 0 aliphatic carbocycles. The Morgan fingerprint density at radius 2 is 2.14 bits per heavy atom. The fraction of sp³-hybridized carbons (Fsp3) is 0.125. The van der Waals surface area contributed by atoms with Crippen molar-refractivity contribution in [2.75, 3.05) is 0 Å². The van der Waals surface area contributed by atoms with Crippen molar-refractivity contribution in [2.24, 2.45) is 7.05 Å². The van der Waals surface area contributed by atoms with Crippen LogP contribution in [0.15, 0.2) is 46.7 Å². The molecule has 2 heterocycles. The second kappa shape index (κ2) is 5.94. The van der Waals surface area contributed by atoms with Crippen molar-refractivity contribution in [3.63, 3.8) is 0 Å². The van der Waals surface area contributed by atoms with E-state index in [1.54, 1.807) is 18.4 Å². The zero-order chi connectivity index (χ0) is 15.7. The Labute approximate surface area is 136 Å². The Bertz CT molecular complexity index is 914. The van der Waals surface area contributed by atoms with Crippen LogP contribution in [0.3, 0.4) is 0 Å². The molecule has 0 bridgehead atoms. The maximum absolute atomic E-state index is 12.2. The Balaban J connectivity index is 1.78. The number of nitrogens with zero attached hydrogens (tertiary/aromatic N) is 1. The second-order valence-electron chi connectivity index (χ2n) is 4.95. The summed E-state index contributed by atoms with van der Waals surface area (Å²) in [4.78, 5) is 23.5. The largest absolute Gasteiger partial charge is 0.348 e. The first-order valence-electron chi connectivity index (χ1n) is 6.65. The maximum atomic E-state index is 12.2. The molecule has 1 aromatic carbocycles. The van der Waals surface area contributed by atoms with E-state index >= 15 is 0 Å². The molecule has 0 aliphatic rings. The summed E-state index contributed by atoms with van der Waals surface area (Å²) in [6, 6.07) is 8.64. The summed E-state index contributed by atoms with van der Waals surface area (Å²) in [7, 11) is 1.62. The minimum Gasteiger partial charge on any atom is -0.348 e. The number of pyridine rings is 1. The zero-order valence-corrected chi connectivity index (χ0v) is 13.4. The van der Waals surface area contributed by atoms with Gasteiger partial charge in [0.15, 0.2) is 0 Å². The van der Waals surface area contributed by atoms with Gasteiger partial charge in [0, 0.05) is 35.6 Å². The molecule has 4 nitrogen and oxygen atoms in total. The van der Waals surface area contributed by atoms with E-state index < -0.39 is 0 Å². The van der Waals surface area contributed by atoms with E-state index in [4.69, 9.17) is 11.6 Å². The van der Waals surface area contributed by atoms with Crippen LogP contribution in [0.1, 0.15) is 15.9 Å². The third-order valence-corrected chi connectivity index (χ3v) is 4.65. The first kappa shape index (κ1) is 14.8. The number of rotatable bonds is 3. The summed E-state index contributed by atoms with van der Waals surface area (Å²) >= 11 is 7.64. The van der Waals surface area contributed by atoms with E-state index in [1.165, 1.54) is 22.9 Å². The molecule has 0 saturated carbocycles. The molecule has 0 radical (unpaired) electrons. The van der Waals surface area contributed by atoms with Crippen molar-refractivity contribution >= 4 is 38.9 Å². The Morgan fingerprint density at radius 3 is 2.91 bits per heavy atom. The van der Waals surface area contributed by atoms with Crippen LogP contribution >= 0.6 is 22.9 Å². The number of carbonyl (C=O) groups is 1. The van der Waals surface area contributed by atoms with E-state index in [-0.39, 0.29) is 11.5 Å². The first-order chi connectivity index (χ1) is 10.5. The van der Waals surface area contributed by atoms with Crippen molar-refractivity contribution in [3.8, 4) is 0 Å². The van der Waals surface area contributed by atoms with Crippen molar-refractivity contribution in [3.05, 3.63) is 68.4 Å². The fourth-order valence-corrected chi connectivity index (χ4v) is 3.31. The van der Waals surface area contributed by atoms with Gasteiger partial charge >= 0.3 is 0 Å². The lowest BCUT2D eigenvalue weighted by Gasteiger charge is -2.06. The molecule has 1 N–H and O–H groups in total. The van der Waals surface area contributed by atoms with Gasteiger partial charge in [-0.3, -0.25) is 9.59 Å². The van der Waals surface area contributed by atoms with Crippen LogP contribution < -0.4 is 10.9 Å². The molecule has 22 heavy (non-hydrogen) atoms. The standard InChI is InChI=1S/C16H13ClN2O2S/c1-19-8-10(2-5-15(19)20)16(21)18-7-11-9-22-14-4-3-12(17)6-13(11)14/h2-6,8-9H,7H2,1H3,(H,18,21). The molecule has 2 aromatic heterocycles. The third-order valence-electron chi connectivity index (χ3n) is 3.40. The molecule has 0 spiro atoms. The SMILES string of the molecule is Cn1cc(C(=O)NCc2csc3ccc(Cl)cc23)ccc1=O. The summed E-state index contributed by atoms with van der Waals surface area (Å²) in [5.74, 6) is -0.211. The molecule has 0 saturated heterocycles. The number of thiophene rings is 1. The van der Waals surface area contributed by atoms with Gasteiger partial charge in [0.25, 0.3) is 5.91 Å². The molecule has 0 unspecified atom stereocenters. The highest BCUT2D eigenvalue weighted by Gasteiger charge is 2.09. The lowest BCUT2D eigenvalue weighted by Crippen LogP contribution is -2.25. The predicted octanol–water partition coefficient (Wildman–Crippen LogP) is 3.18. The van der Waals surface area contributed by atoms with Crippen LogP contribution in [0.4, 0.5) is 0 Å². The number of hydrogen-bond acceptors (Lipinski definition) is 3. The number of halogens is 1. The zero-order valence-electron chi connectivity index (χ0n) is 11.8. The summed E-state index contributed by atoms with van der Waals surface area (Å²) in [5, 5.41) is 6.62. The minimum absolute atomic E-state index is 0.143. The smallest absolute Gasteiger partial charge is 0.253 e. The van der Waals surface area contributed by atoms with Crippen LogP contribution in [0.25, 0.3) is 10.1 Å². The van der Waals surface area contributed by atoms with E-state index in [1.807, 2.05) is 23.6 Å². The summed E-state index contributed by atoms with van der Waals surface area (Å²) in [6.07, 6.45) is 1.53. The molecule has 6 heteroatoms. The second-order valence-corrected chi connectivity index (χ2v) is 6.30. The van der Waals surface area contributed by atoms with Gasteiger partial charge in [0.1, 0.15) is 0 Å². The number of aryl methyl sites for hydroxylation is 1. The average Bonchev–Trinajstić information content (AvgIpc) is 2.90. The van der Waals surface area contributed by atoms with E-state index in [0.29, 0.717) is 17.1 Å². The van der Waals surface area contributed by atoms with Crippen LogP contribution in [-0.2, 0) is 13.6 Å². The number of fused-ring (bicyclic) bond motifs is 1. The Kier molecular flexibility index (Phi) is 4.00. The monoisotopic (exact) mass is 332 g/mol. The summed E-state index contributed by atoms with van der Waals surface area (Å²) < 4.78 is 2.52. The lowest BCUT2D eigenvalue weighted by atomic mass is 10.1. The molecule has 112 valence electrons. The first-order valence-corrected chi connectivity index (χ1v) is 7.91. The van der Waals surface area contributed by atoms with E-state index in [9.17, 15) is 9.59 Å². The van der Waals surface area contributed by atoms with Gasteiger partial charge < -0.3 is 9.88 Å². The number of nitrogens with one attached hydrogen (secondary N) is 1. The van der Waals surface area contributed by atoms with Gasteiger partial charge in [-0.05, 0) is 40.6 Å². The van der Waals surface area contributed by atoms with Gasteiger partial charge in [-0.25, -0.2) is 0 Å². The summed E-state index contributed by atoms with van der Waals surface area (Å²) in [5.41, 5.74) is 1.34. The highest BCUT2D eigenvalue weighted by Crippen LogP contribution is 2.28. The van der Waals surface area contributed by atoms with Gasteiger partial charge in [-0.1, -0.05) is 11.6 Å². The average molecular weight is 333 g/mol. The topological polar surface area (TPSA) is 51.1 Å². The van der Waals surface area contributed by atoms with Gasteiger partial charge in [-0.2, -0.15) is 0 Å². The summed E-state index contributed by atoms with van der Waals surface area (Å²) in [6.45, 7) is 0.419. The molecule has 0 atom stereocenters. The van der Waals surface area contributed by atoms with Gasteiger partial charge in [0.2, 0.25) is 5.56 Å². The molecule has 3 aromatic rings. The fourth-order valence-electron chi connectivity index (χ4n) is 2.20. The van der Waals surface area contributed by atoms with Crippen molar-refractivity contribution in [2.45, 2.75) is 6.54 Å². The maximum Gasteiger partial charge on any atom is 0.253 e. The molecular formula is C16H13ClN2O2S. The Morgan fingerprint density at radius 1 is 1.32 bits per heavy atom. The predicted molar refractivity (Wildman–Crippen MR) is 89.7 cm³/mol. The van der Waals surface area contributed by atoms with Crippen LogP contribution in [0, 0.1) is 0 Å². The number of amides is 1. The highest BCUT2D eigenvalue weighted by atomic mass is 35.5. The lowest BCUT2D eigenvalue weighted by molar-refractivity contribution is 0.0950. The quantitative estimate of drug-likeness (QED) is 0.801. The number of benzene rings is 1. The van der Waals surface area contributed by atoms with Crippen molar-refractivity contribution < 1.29 is 4.79 Å². The van der Waals surface area contributed by atoms with Crippen LogP contribution in [0.5, 0.6) is 0 Å². The third kappa shape index (κ3) is 2.91. The van der Waals surface area contributed by atoms with Crippen molar-refractivity contribution in [1.29, 1.82) is 0 Å². The van der Waals surface area contributed by atoms with Crippen LogP contribution in [0.2, 0.25) is 5.02 Å². The normalized spacial score (nSPS) is 10.8. The molecule has 1 amide bonds. The number of aromatic nitrogens is 1. The van der Waals surface area contributed by atoms with Gasteiger partial charge in [-0.15, -0.1) is 11.3 Å². The molecule has 0 fully saturated rings. The number of carbonyl (C=O) groups excluding carboxylic acids is 1. The van der Waals surface area contributed by atoms with E-state index in [0.717, 1.165) is 15.6 Å². The van der Waals surface area contributed by atoms with Gasteiger partial charge in [0.05, 0.1) is 5.56 Å². The van der Waals surface area contributed by atoms with E-state index in [2.05, 4.69) is 5.32 Å². The van der Waals surface area contributed by atoms with Crippen LogP contribution in [-0.4, -0.2) is 10.5 Å². The Hall–Kier alpha value is -2.11. The molecular weight excluding hydrogens is 320 g/mol.